The van der Waals surface area contributed by atoms with E-state index in [1.807, 2.05) is 18.2 Å². The van der Waals surface area contributed by atoms with Crippen molar-refractivity contribution in [2.75, 3.05) is 13.7 Å². The quantitative estimate of drug-likeness (QED) is 0.872. The average molecular weight is 309 g/mol. The molecule has 1 atom stereocenters. The van der Waals surface area contributed by atoms with Gasteiger partial charge in [0.2, 0.25) is 0 Å². The second-order valence-corrected chi connectivity index (χ2v) is 4.85. The number of hydrogen-bond acceptors (Lipinski definition) is 5. The molecule has 5 nitrogen and oxygen atoms in total. The molecule has 6 heteroatoms. The van der Waals surface area contributed by atoms with E-state index in [0.29, 0.717) is 28.9 Å². The first-order valence-corrected chi connectivity index (χ1v) is 6.97. The molecule has 0 spiro atoms. The van der Waals surface area contributed by atoms with Gasteiger partial charge in [-0.15, -0.1) is 0 Å². The van der Waals surface area contributed by atoms with Gasteiger partial charge in [-0.1, -0.05) is 29.8 Å². The Kier molecular flexibility index (Phi) is 4.85. The van der Waals surface area contributed by atoms with E-state index in [9.17, 15) is 4.79 Å². The van der Waals surface area contributed by atoms with Crippen LogP contribution in [0.5, 0.6) is 0 Å². The molecule has 1 aromatic carbocycles. The number of halogens is 1. The van der Waals surface area contributed by atoms with E-state index in [4.69, 9.17) is 21.1 Å². The molecule has 0 saturated carbocycles. The van der Waals surface area contributed by atoms with Gasteiger partial charge in [0.1, 0.15) is 6.04 Å². The van der Waals surface area contributed by atoms with Crippen LogP contribution in [0.15, 0.2) is 40.5 Å². The minimum atomic E-state index is -0.547. The minimum Gasteiger partial charge on any atom is -0.468 e. The van der Waals surface area contributed by atoms with Gasteiger partial charge < -0.3 is 14.8 Å². The maximum absolute atomic E-state index is 12.2. The number of methoxy groups -OCH3 is 1. The van der Waals surface area contributed by atoms with E-state index in [0.717, 1.165) is 5.56 Å². The lowest BCUT2D eigenvalue weighted by Gasteiger charge is -2.25. The van der Waals surface area contributed by atoms with E-state index in [-0.39, 0.29) is 0 Å². The van der Waals surface area contributed by atoms with Gasteiger partial charge in [0.05, 0.1) is 19.3 Å². The Bertz CT molecular complexity index is 611. The number of benzene rings is 1. The van der Waals surface area contributed by atoms with Gasteiger partial charge in [0, 0.05) is 16.3 Å². The number of carbonyl (C=O) groups excluding carboxylic acids is 1. The van der Waals surface area contributed by atoms with Gasteiger partial charge in [-0.3, -0.25) is 0 Å². The summed E-state index contributed by atoms with van der Waals surface area (Å²) in [5.41, 5.74) is 1.81. The van der Waals surface area contributed by atoms with E-state index >= 15 is 0 Å². The summed E-state index contributed by atoms with van der Waals surface area (Å²) < 4.78 is 10.3. The fourth-order valence-corrected chi connectivity index (χ4v) is 2.39. The molecule has 0 radical (unpaired) electrons. The monoisotopic (exact) mass is 308 g/mol. The summed E-state index contributed by atoms with van der Waals surface area (Å²) in [6, 6.07) is 7.07. The van der Waals surface area contributed by atoms with E-state index in [1.54, 1.807) is 19.9 Å². The Balaban J connectivity index is 2.50. The van der Waals surface area contributed by atoms with Crippen LogP contribution in [-0.4, -0.2) is 25.7 Å². The van der Waals surface area contributed by atoms with Crippen molar-refractivity contribution in [3.05, 3.63) is 46.1 Å². The second kappa shape index (κ2) is 6.63. The first-order valence-electron chi connectivity index (χ1n) is 6.59. The highest BCUT2D eigenvalue weighted by Gasteiger charge is 2.31. The Morgan fingerprint density at radius 3 is 2.76 bits per heavy atom. The number of nitrogens with zero attached hydrogens (tertiary/aromatic N) is 1. The van der Waals surface area contributed by atoms with Gasteiger partial charge in [-0.05, 0) is 19.9 Å². The predicted molar refractivity (Wildman–Crippen MR) is 81.1 cm³/mol. The molecule has 0 fully saturated rings. The molecule has 1 aromatic rings. The standard InChI is InChI=1S/C15H17ClN2O3/c1-4-21-14(19)12-9(2)17-15(20-3)18-13(12)10-7-5-6-8-11(10)16/h5-8,13H,4H2,1-3H3,(H,17,18). The highest BCUT2D eigenvalue weighted by Crippen LogP contribution is 2.35. The van der Waals surface area contributed by atoms with Crippen molar-refractivity contribution in [2.45, 2.75) is 19.9 Å². The molecule has 1 aliphatic rings. The maximum atomic E-state index is 12.2. The molecule has 2 rings (SSSR count). The Hall–Kier alpha value is -2.01. The van der Waals surface area contributed by atoms with Gasteiger partial charge in [0.15, 0.2) is 0 Å². The number of esters is 1. The lowest BCUT2D eigenvalue weighted by molar-refractivity contribution is -0.138. The van der Waals surface area contributed by atoms with E-state index in [2.05, 4.69) is 10.3 Å². The first kappa shape index (κ1) is 15.4. The van der Waals surface area contributed by atoms with Crippen LogP contribution in [0.4, 0.5) is 0 Å². The number of aliphatic imine (C=N–C) groups is 1. The largest absolute Gasteiger partial charge is 0.468 e. The third kappa shape index (κ3) is 3.19. The summed E-state index contributed by atoms with van der Waals surface area (Å²) in [7, 11) is 1.51. The molecule has 0 aromatic heterocycles. The van der Waals surface area contributed by atoms with Gasteiger partial charge in [0.25, 0.3) is 6.02 Å². The minimum absolute atomic E-state index is 0.297. The number of allylic oxidation sites excluding steroid dienone is 1. The lowest BCUT2D eigenvalue weighted by Crippen LogP contribution is -2.33. The van der Waals surface area contributed by atoms with Gasteiger partial charge in [-0.25, -0.2) is 9.79 Å². The Morgan fingerprint density at radius 2 is 2.14 bits per heavy atom. The van der Waals surface area contributed by atoms with Crippen LogP contribution in [0.2, 0.25) is 5.02 Å². The summed E-state index contributed by atoms with van der Waals surface area (Å²) in [5.74, 6) is -0.411. The SMILES string of the molecule is CCOC(=O)C1=C(C)NC(OC)=NC1c1ccccc1Cl. The molecule has 0 bridgehead atoms. The summed E-state index contributed by atoms with van der Waals surface area (Å²) in [5, 5.41) is 3.48. The van der Waals surface area contributed by atoms with E-state index in [1.165, 1.54) is 7.11 Å². The molecule has 112 valence electrons. The number of rotatable bonds is 3. The zero-order valence-electron chi connectivity index (χ0n) is 12.1. The van der Waals surface area contributed by atoms with Crippen molar-refractivity contribution in [1.82, 2.24) is 5.32 Å². The molecule has 0 aliphatic carbocycles. The van der Waals surface area contributed by atoms with Crippen LogP contribution in [0, 0.1) is 0 Å². The number of carbonyl (C=O) groups is 1. The molecule has 1 heterocycles. The van der Waals surface area contributed by atoms with Crippen LogP contribution in [0.25, 0.3) is 0 Å². The number of hydrogen-bond donors (Lipinski definition) is 1. The van der Waals surface area contributed by atoms with Crippen molar-refractivity contribution in [3.8, 4) is 0 Å². The van der Waals surface area contributed by atoms with Crippen LogP contribution < -0.4 is 5.32 Å². The predicted octanol–water partition coefficient (Wildman–Crippen LogP) is 2.82. The second-order valence-electron chi connectivity index (χ2n) is 4.45. The van der Waals surface area contributed by atoms with Crippen LogP contribution in [0.3, 0.4) is 0 Å². The summed E-state index contributed by atoms with van der Waals surface area (Å²) in [6.45, 7) is 3.84. The first-order chi connectivity index (χ1) is 10.1. The van der Waals surface area contributed by atoms with Gasteiger partial charge in [-0.2, -0.15) is 0 Å². The molecular weight excluding hydrogens is 292 g/mol. The highest BCUT2D eigenvalue weighted by atomic mass is 35.5. The van der Waals surface area contributed by atoms with Crippen molar-refractivity contribution in [3.63, 3.8) is 0 Å². The maximum Gasteiger partial charge on any atom is 0.338 e. The van der Waals surface area contributed by atoms with E-state index < -0.39 is 12.0 Å². The zero-order valence-corrected chi connectivity index (χ0v) is 12.9. The summed E-state index contributed by atoms with van der Waals surface area (Å²) >= 11 is 6.24. The van der Waals surface area contributed by atoms with Crippen LogP contribution in [0.1, 0.15) is 25.5 Å². The smallest absolute Gasteiger partial charge is 0.338 e. The molecule has 1 N–H and O–H groups in total. The summed E-state index contributed by atoms with van der Waals surface area (Å²) in [4.78, 5) is 16.6. The van der Waals surface area contributed by atoms with Crippen LogP contribution in [-0.2, 0) is 14.3 Å². The van der Waals surface area contributed by atoms with Gasteiger partial charge >= 0.3 is 5.97 Å². The molecule has 1 unspecified atom stereocenters. The van der Waals surface area contributed by atoms with Crippen molar-refractivity contribution < 1.29 is 14.3 Å². The van der Waals surface area contributed by atoms with Crippen molar-refractivity contribution in [1.29, 1.82) is 0 Å². The number of nitrogens with one attached hydrogen (secondary N) is 1. The highest BCUT2D eigenvalue weighted by molar-refractivity contribution is 6.31. The fraction of sp³-hybridized carbons (Fsp3) is 0.333. The molecule has 1 aliphatic heterocycles. The molecule has 0 amide bonds. The number of ether oxygens (including phenoxy) is 2. The topological polar surface area (TPSA) is 59.9 Å². The Morgan fingerprint density at radius 1 is 1.43 bits per heavy atom. The number of amidine groups is 1. The zero-order chi connectivity index (χ0) is 15.4. The normalized spacial score (nSPS) is 17.9. The third-order valence-electron chi connectivity index (χ3n) is 3.11. The Labute approximate surface area is 128 Å². The van der Waals surface area contributed by atoms with Crippen molar-refractivity contribution >= 4 is 23.6 Å². The summed E-state index contributed by atoms with van der Waals surface area (Å²) in [6.07, 6.45) is 0. The third-order valence-corrected chi connectivity index (χ3v) is 3.45. The fourth-order valence-electron chi connectivity index (χ4n) is 2.15. The lowest BCUT2D eigenvalue weighted by atomic mass is 9.96. The molecule has 0 saturated heterocycles. The molecule has 21 heavy (non-hydrogen) atoms. The molecular formula is C15H17ClN2O3. The van der Waals surface area contributed by atoms with Crippen molar-refractivity contribution in [2.24, 2.45) is 4.99 Å². The average Bonchev–Trinajstić information content (AvgIpc) is 2.47. The van der Waals surface area contributed by atoms with Crippen LogP contribution >= 0.6 is 11.6 Å².